The number of carbonyl (C=O) groups excluding carboxylic acids is 3. The highest BCUT2D eigenvalue weighted by Crippen LogP contribution is 2.53. The van der Waals surface area contributed by atoms with Crippen molar-refractivity contribution in [1.82, 2.24) is 9.80 Å². The number of amides is 2. The second-order valence-corrected chi connectivity index (χ2v) is 10.0. The monoisotopic (exact) mass is 494 g/mol. The number of esters is 1. The van der Waals surface area contributed by atoms with Crippen LogP contribution in [-0.2, 0) is 30.4 Å². The topological polar surface area (TPSA) is 96.4 Å². The first-order chi connectivity index (χ1) is 17.6. The van der Waals surface area contributed by atoms with Gasteiger partial charge in [0.2, 0.25) is 11.8 Å². The number of rotatable bonds is 8. The van der Waals surface area contributed by atoms with Crippen molar-refractivity contribution in [3.05, 3.63) is 60.2 Å². The van der Waals surface area contributed by atoms with Gasteiger partial charge in [0.1, 0.15) is 17.6 Å². The molecule has 0 bridgehead atoms. The average Bonchev–Trinajstić information content (AvgIpc) is 3.25. The van der Waals surface area contributed by atoms with Crippen molar-refractivity contribution in [2.45, 2.75) is 56.4 Å². The van der Waals surface area contributed by atoms with Crippen LogP contribution in [0.25, 0.3) is 0 Å². The summed E-state index contributed by atoms with van der Waals surface area (Å²) in [4.78, 5) is 44.6. The molecule has 4 aliphatic heterocycles. The molecule has 1 aromatic carbocycles. The highest BCUT2D eigenvalue weighted by Gasteiger charge is 2.71. The Bertz CT molecular complexity index is 1040. The lowest BCUT2D eigenvalue weighted by Gasteiger charge is -2.35. The van der Waals surface area contributed by atoms with Gasteiger partial charge in [-0.3, -0.25) is 14.4 Å². The molecular formula is C28H34N2O6. The lowest BCUT2D eigenvalue weighted by Crippen LogP contribution is -2.55. The molecule has 8 nitrogen and oxygen atoms in total. The quantitative estimate of drug-likeness (QED) is 0.338. The standard InChI is InChI=1S/C28H34N2O6/c31-17-8-2-1-7-16-30-24-26(33)29(19-20-11-4-3-5-12-20)15-10-14-28(24)23(25(30)32)22-21(36-28)13-6-9-18-35-27(22)34/h3-6,10-14,21-24,31H,1-2,7-9,15-19H2/t21-,22+,23-,24?,28-/m0/s1. The number of benzene rings is 1. The summed E-state index contributed by atoms with van der Waals surface area (Å²) < 4.78 is 12.0. The van der Waals surface area contributed by atoms with Gasteiger partial charge in [-0.25, -0.2) is 0 Å². The maximum Gasteiger partial charge on any atom is 0.312 e. The Balaban J connectivity index is 1.49. The Morgan fingerprint density at radius 2 is 1.81 bits per heavy atom. The van der Waals surface area contributed by atoms with Crippen LogP contribution in [0.3, 0.4) is 0 Å². The van der Waals surface area contributed by atoms with E-state index in [-0.39, 0.29) is 25.0 Å². The van der Waals surface area contributed by atoms with Gasteiger partial charge in [-0.1, -0.05) is 67.5 Å². The molecule has 5 rings (SSSR count). The molecule has 36 heavy (non-hydrogen) atoms. The number of hydrogen-bond donors (Lipinski definition) is 1. The number of unbranched alkanes of at least 4 members (excludes halogenated alkanes) is 3. The number of cyclic esters (lactones) is 1. The molecule has 2 amide bonds. The van der Waals surface area contributed by atoms with Gasteiger partial charge in [0, 0.05) is 26.2 Å². The van der Waals surface area contributed by atoms with Gasteiger partial charge in [0.05, 0.1) is 18.6 Å². The average molecular weight is 495 g/mol. The molecule has 0 aliphatic carbocycles. The predicted octanol–water partition coefficient (Wildman–Crippen LogP) is 2.22. The fraction of sp³-hybridized carbons (Fsp3) is 0.536. The minimum atomic E-state index is -1.21. The van der Waals surface area contributed by atoms with Crippen molar-refractivity contribution in [3.8, 4) is 0 Å². The summed E-state index contributed by atoms with van der Waals surface area (Å²) in [5.74, 6) is -2.41. The maximum atomic E-state index is 14.1. The lowest BCUT2D eigenvalue weighted by atomic mass is 9.77. The van der Waals surface area contributed by atoms with E-state index in [1.807, 2.05) is 54.6 Å². The second-order valence-electron chi connectivity index (χ2n) is 10.0. The summed E-state index contributed by atoms with van der Waals surface area (Å²) in [7, 11) is 0. The molecule has 2 fully saturated rings. The van der Waals surface area contributed by atoms with Gasteiger partial charge >= 0.3 is 5.97 Å². The van der Waals surface area contributed by atoms with Gasteiger partial charge in [-0.2, -0.15) is 0 Å². The minimum absolute atomic E-state index is 0.140. The fourth-order valence-electron chi connectivity index (χ4n) is 6.09. The van der Waals surface area contributed by atoms with Gasteiger partial charge in [0.25, 0.3) is 0 Å². The van der Waals surface area contributed by atoms with Crippen molar-refractivity contribution in [2.75, 3.05) is 26.3 Å². The number of nitrogens with zero attached hydrogens (tertiary/aromatic N) is 2. The van der Waals surface area contributed by atoms with Crippen molar-refractivity contribution in [1.29, 1.82) is 0 Å². The molecule has 8 heteroatoms. The Morgan fingerprint density at radius 1 is 1.00 bits per heavy atom. The van der Waals surface area contributed by atoms with Crippen LogP contribution in [0.15, 0.2) is 54.6 Å². The van der Waals surface area contributed by atoms with E-state index in [2.05, 4.69) is 0 Å². The Labute approximate surface area is 211 Å². The molecule has 1 spiro atoms. The summed E-state index contributed by atoms with van der Waals surface area (Å²) in [6, 6.07) is 8.94. The smallest absolute Gasteiger partial charge is 0.312 e. The van der Waals surface area contributed by atoms with Crippen LogP contribution in [0.4, 0.5) is 0 Å². The molecule has 192 valence electrons. The third kappa shape index (κ3) is 4.37. The van der Waals surface area contributed by atoms with Crippen LogP contribution in [0.5, 0.6) is 0 Å². The normalized spacial score (nSPS) is 31.4. The third-order valence-corrected chi connectivity index (χ3v) is 7.73. The maximum absolute atomic E-state index is 14.1. The molecule has 2 saturated heterocycles. The molecule has 0 aromatic heterocycles. The second kappa shape index (κ2) is 10.6. The van der Waals surface area contributed by atoms with Gasteiger partial charge < -0.3 is 24.4 Å². The fourth-order valence-corrected chi connectivity index (χ4v) is 6.09. The zero-order valence-electron chi connectivity index (χ0n) is 20.5. The number of carbonyl (C=O) groups is 3. The van der Waals surface area contributed by atoms with Crippen LogP contribution in [0.1, 0.15) is 37.7 Å². The van der Waals surface area contributed by atoms with Crippen LogP contribution in [-0.4, -0.2) is 76.7 Å². The van der Waals surface area contributed by atoms with Crippen LogP contribution < -0.4 is 0 Å². The first-order valence-corrected chi connectivity index (χ1v) is 13.0. The molecule has 0 radical (unpaired) electrons. The van der Waals surface area contributed by atoms with Gasteiger partial charge in [-0.05, 0) is 24.8 Å². The number of aliphatic hydroxyl groups is 1. The van der Waals surface area contributed by atoms with E-state index in [1.165, 1.54) is 0 Å². The first kappa shape index (κ1) is 24.7. The highest BCUT2D eigenvalue weighted by molar-refractivity contribution is 5.99. The number of ether oxygens (including phenoxy) is 2. The zero-order chi connectivity index (χ0) is 25.1. The minimum Gasteiger partial charge on any atom is -0.465 e. The van der Waals surface area contributed by atoms with E-state index < -0.39 is 35.6 Å². The van der Waals surface area contributed by atoms with Crippen molar-refractivity contribution in [3.63, 3.8) is 0 Å². The molecule has 1 unspecified atom stereocenters. The van der Waals surface area contributed by atoms with Crippen molar-refractivity contribution >= 4 is 17.8 Å². The van der Waals surface area contributed by atoms with Gasteiger partial charge in [-0.15, -0.1) is 0 Å². The van der Waals surface area contributed by atoms with Crippen LogP contribution in [0.2, 0.25) is 0 Å². The Kier molecular flexibility index (Phi) is 7.25. The number of hydrogen-bond acceptors (Lipinski definition) is 6. The molecule has 4 aliphatic rings. The van der Waals surface area contributed by atoms with E-state index in [9.17, 15) is 14.4 Å². The summed E-state index contributed by atoms with van der Waals surface area (Å²) in [5.41, 5.74) is -0.208. The molecule has 4 heterocycles. The number of likely N-dealkylation sites (tertiary alicyclic amines) is 1. The summed E-state index contributed by atoms with van der Waals surface area (Å²) >= 11 is 0. The van der Waals surface area contributed by atoms with Crippen LogP contribution in [0, 0.1) is 11.8 Å². The van der Waals surface area contributed by atoms with Gasteiger partial charge in [0.15, 0.2) is 0 Å². The van der Waals surface area contributed by atoms with E-state index in [0.717, 1.165) is 18.4 Å². The van der Waals surface area contributed by atoms with E-state index in [1.54, 1.807) is 9.80 Å². The highest BCUT2D eigenvalue weighted by atomic mass is 16.6. The molecule has 5 atom stereocenters. The van der Waals surface area contributed by atoms with Crippen molar-refractivity contribution < 1.29 is 29.0 Å². The summed E-state index contributed by atoms with van der Waals surface area (Å²) in [5, 5.41) is 9.09. The van der Waals surface area contributed by atoms with E-state index >= 15 is 0 Å². The van der Waals surface area contributed by atoms with Crippen LogP contribution >= 0.6 is 0 Å². The van der Waals surface area contributed by atoms with E-state index in [0.29, 0.717) is 38.9 Å². The SMILES string of the molecule is O=C1OCCC=C[C@@H]2O[C@]34C=CCN(Cc5ccccc5)C(=O)C3N(CCCCCCO)C(=O)[C@@H]4[C@H]12. The Hall–Kier alpha value is -2.97. The lowest BCUT2D eigenvalue weighted by molar-refractivity contribution is -0.155. The molecular weight excluding hydrogens is 460 g/mol. The molecule has 1 N–H and O–H groups in total. The Morgan fingerprint density at radius 3 is 2.61 bits per heavy atom. The predicted molar refractivity (Wildman–Crippen MR) is 131 cm³/mol. The zero-order valence-corrected chi connectivity index (χ0v) is 20.5. The molecule has 0 saturated carbocycles. The number of fused-ring (bicyclic) bond motifs is 2. The largest absolute Gasteiger partial charge is 0.465 e. The first-order valence-electron chi connectivity index (χ1n) is 13.0. The third-order valence-electron chi connectivity index (χ3n) is 7.73. The summed E-state index contributed by atoms with van der Waals surface area (Å²) in [6.45, 7) is 1.63. The summed E-state index contributed by atoms with van der Waals surface area (Å²) in [6.07, 6.45) is 10.6. The number of aliphatic hydroxyl groups excluding tert-OH is 1. The van der Waals surface area contributed by atoms with Crippen molar-refractivity contribution in [2.24, 2.45) is 11.8 Å². The van der Waals surface area contributed by atoms with E-state index in [4.69, 9.17) is 14.6 Å². The molecule has 1 aromatic rings.